The van der Waals surface area contributed by atoms with Crippen LogP contribution in [0.15, 0.2) is 6.33 Å². The summed E-state index contributed by atoms with van der Waals surface area (Å²) >= 11 is 0. The molecule has 1 aliphatic carbocycles. The molecule has 2 heterocycles. The van der Waals surface area contributed by atoms with Crippen LogP contribution in [-0.2, 0) is 6.54 Å². The van der Waals surface area contributed by atoms with Crippen molar-refractivity contribution >= 4 is 5.82 Å². The third-order valence-corrected chi connectivity index (χ3v) is 3.89. The molecule has 0 radical (unpaired) electrons. The lowest BCUT2D eigenvalue weighted by Crippen LogP contribution is -2.08. The molecule has 3 aliphatic rings. The van der Waals surface area contributed by atoms with Gasteiger partial charge in [0.1, 0.15) is 5.82 Å². The first-order chi connectivity index (χ1) is 9.33. The van der Waals surface area contributed by atoms with Crippen molar-refractivity contribution in [3.63, 3.8) is 0 Å². The largest absolute Gasteiger partial charge is 0.368 e. The van der Waals surface area contributed by atoms with Crippen molar-refractivity contribution in [3.05, 3.63) is 12.2 Å². The number of nitrogens with one attached hydrogen (secondary N) is 1. The minimum absolute atomic E-state index is 0.548. The zero-order valence-corrected chi connectivity index (χ0v) is 11.7. The average molecular weight is 259 g/mol. The van der Waals surface area contributed by atoms with E-state index in [1.807, 2.05) is 6.33 Å². The smallest absolute Gasteiger partial charge is 0.165 e. The van der Waals surface area contributed by atoms with Gasteiger partial charge < -0.3 is 9.88 Å². The molecule has 1 saturated carbocycles. The predicted molar refractivity (Wildman–Crippen MR) is 75.5 cm³/mol. The molecule has 0 unspecified atom stereocenters. The number of rotatable bonds is 4. The van der Waals surface area contributed by atoms with Gasteiger partial charge in [-0.15, -0.1) is 0 Å². The molecule has 19 heavy (non-hydrogen) atoms. The maximum absolute atomic E-state index is 4.78. The first-order valence-electron chi connectivity index (χ1n) is 7.30. The van der Waals surface area contributed by atoms with Crippen LogP contribution < -0.4 is 5.32 Å². The summed E-state index contributed by atoms with van der Waals surface area (Å²) in [4.78, 5) is 14.0. The summed E-state index contributed by atoms with van der Waals surface area (Å²) in [5.41, 5.74) is 0.924. The Bertz CT molecular complexity index is 527. The van der Waals surface area contributed by atoms with E-state index in [4.69, 9.17) is 9.97 Å². The molecule has 1 fully saturated rings. The van der Waals surface area contributed by atoms with E-state index >= 15 is 0 Å². The first-order valence-corrected chi connectivity index (χ1v) is 7.30. The van der Waals surface area contributed by atoms with E-state index in [1.54, 1.807) is 0 Å². The van der Waals surface area contributed by atoms with E-state index < -0.39 is 0 Å². The highest BCUT2D eigenvalue weighted by molar-refractivity contribution is 5.67. The Morgan fingerprint density at radius 2 is 2.05 bits per heavy atom. The zero-order valence-electron chi connectivity index (χ0n) is 11.7. The standard InChI is InChI=1S/C14H21N5/c1-3-15-13-11-14(19(4-2)9-16-13)18-12(17-11)10-7-5-6-8-10/h9-10,15H,3-8H2,1-2H3. The van der Waals surface area contributed by atoms with Crippen LogP contribution in [0.1, 0.15) is 51.3 Å². The fourth-order valence-electron chi connectivity index (χ4n) is 2.85. The van der Waals surface area contributed by atoms with Crippen LogP contribution in [0.3, 0.4) is 0 Å². The average Bonchev–Trinajstić information content (AvgIpc) is 3.08. The van der Waals surface area contributed by atoms with Gasteiger partial charge in [-0.25, -0.2) is 15.0 Å². The van der Waals surface area contributed by atoms with Crippen LogP contribution in [-0.4, -0.2) is 26.1 Å². The minimum Gasteiger partial charge on any atom is -0.368 e. The third kappa shape index (κ3) is 2.17. The van der Waals surface area contributed by atoms with Gasteiger partial charge in [-0.05, 0) is 26.7 Å². The molecule has 0 spiro atoms. The van der Waals surface area contributed by atoms with Crippen molar-refractivity contribution in [2.24, 2.45) is 0 Å². The molecule has 0 saturated heterocycles. The highest BCUT2D eigenvalue weighted by atomic mass is 15.2. The second-order valence-corrected chi connectivity index (χ2v) is 5.14. The Kier molecular flexibility index (Phi) is 3.36. The van der Waals surface area contributed by atoms with E-state index in [-0.39, 0.29) is 0 Å². The van der Waals surface area contributed by atoms with E-state index in [0.717, 1.165) is 36.3 Å². The Morgan fingerprint density at radius 3 is 2.74 bits per heavy atom. The van der Waals surface area contributed by atoms with Crippen LogP contribution in [0.4, 0.5) is 5.82 Å². The Balaban J connectivity index is 2.06. The topological polar surface area (TPSA) is 55.6 Å². The summed E-state index contributed by atoms with van der Waals surface area (Å²) < 4.78 is 2.07. The Morgan fingerprint density at radius 1 is 1.26 bits per heavy atom. The lowest BCUT2D eigenvalue weighted by molar-refractivity contribution is 0.675. The Labute approximate surface area is 113 Å². The number of hydrogen-bond donors (Lipinski definition) is 1. The second-order valence-electron chi connectivity index (χ2n) is 5.14. The van der Waals surface area contributed by atoms with Crippen LogP contribution in [0.25, 0.3) is 11.5 Å². The monoisotopic (exact) mass is 259 g/mol. The number of aromatic nitrogens is 4. The Hall–Kier alpha value is -1.65. The van der Waals surface area contributed by atoms with Crippen molar-refractivity contribution in [2.45, 2.75) is 52.0 Å². The summed E-state index contributed by atoms with van der Waals surface area (Å²) in [6.45, 7) is 5.91. The van der Waals surface area contributed by atoms with Gasteiger partial charge in [-0.1, -0.05) is 12.8 Å². The SMILES string of the molecule is CCNc1ncn(CC)c2nc(C3CCCC3)nc1-2. The molecule has 1 N–H and O–H groups in total. The number of nitrogens with zero attached hydrogens (tertiary/aromatic N) is 4. The van der Waals surface area contributed by atoms with Gasteiger partial charge in [0.2, 0.25) is 0 Å². The van der Waals surface area contributed by atoms with Gasteiger partial charge in [0, 0.05) is 19.0 Å². The fraction of sp³-hybridized carbons (Fsp3) is 0.643. The van der Waals surface area contributed by atoms with Crippen molar-refractivity contribution in [1.29, 1.82) is 0 Å². The van der Waals surface area contributed by atoms with Gasteiger partial charge in [0.05, 0.1) is 6.33 Å². The van der Waals surface area contributed by atoms with Crippen molar-refractivity contribution in [3.8, 4) is 11.5 Å². The van der Waals surface area contributed by atoms with Crippen LogP contribution in [0, 0.1) is 0 Å². The molecule has 0 aromatic carbocycles. The molecule has 0 aromatic rings. The number of fused-ring (bicyclic) bond motifs is 1. The maximum Gasteiger partial charge on any atom is 0.165 e. The molecule has 0 aromatic heterocycles. The van der Waals surface area contributed by atoms with E-state index in [1.165, 1.54) is 25.7 Å². The zero-order chi connectivity index (χ0) is 13.2. The maximum atomic E-state index is 4.78. The number of anilines is 1. The summed E-state index contributed by atoms with van der Waals surface area (Å²) in [5, 5.41) is 3.28. The predicted octanol–water partition coefficient (Wildman–Crippen LogP) is 2.89. The highest BCUT2D eigenvalue weighted by Gasteiger charge is 2.26. The second kappa shape index (κ2) is 5.15. The molecule has 0 atom stereocenters. The van der Waals surface area contributed by atoms with Gasteiger partial charge in [0.25, 0.3) is 0 Å². The third-order valence-electron chi connectivity index (χ3n) is 3.89. The molecule has 5 heteroatoms. The van der Waals surface area contributed by atoms with E-state index in [2.05, 4.69) is 28.7 Å². The summed E-state index contributed by atoms with van der Waals surface area (Å²) in [5.74, 6) is 3.39. The fourth-order valence-corrected chi connectivity index (χ4v) is 2.85. The van der Waals surface area contributed by atoms with Gasteiger partial charge in [-0.3, -0.25) is 0 Å². The molecule has 3 rings (SSSR count). The van der Waals surface area contributed by atoms with E-state index in [0.29, 0.717) is 5.92 Å². The molecule has 0 amide bonds. The van der Waals surface area contributed by atoms with Crippen LogP contribution >= 0.6 is 0 Å². The summed E-state index contributed by atoms with van der Waals surface area (Å²) in [6, 6.07) is 0. The van der Waals surface area contributed by atoms with E-state index in [9.17, 15) is 0 Å². The molecule has 2 aliphatic heterocycles. The molecule has 5 nitrogen and oxygen atoms in total. The summed E-state index contributed by atoms with van der Waals surface area (Å²) in [7, 11) is 0. The molecular formula is C14H21N5. The number of imidazole rings is 1. The number of aryl methyl sites for hydroxylation is 1. The summed E-state index contributed by atoms with van der Waals surface area (Å²) in [6.07, 6.45) is 6.93. The van der Waals surface area contributed by atoms with Gasteiger partial charge in [-0.2, -0.15) is 0 Å². The van der Waals surface area contributed by atoms with Crippen molar-refractivity contribution < 1.29 is 0 Å². The quantitative estimate of drug-likeness (QED) is 0.917. The van der Waals surface area contributed by atoms with Crippen molar-refractivity contribution in [2.75, 3.05) is 11.9 Å². The van der Waals surface area contributed by atoms with Crippen LogP contribution in [0.5, 0.6) is 0 Å². The lowest BCUT2D eigenvalue weighted by atomic mass is 10.1. The molecular weight excluding hydrogens is 238 g/mol. The van der Waals surface area contributed by atoms with Gasteiger partial charge >= 0.3 is 0 Å². The van der Waals surface area contributed by atoms with Gasteiger partial charge in [0.15, 0.2) is 17.3 Å². The minimum atomic E-state index is 0.548. The normalized spacial score (nSPS) is 16.3. The van der Waals surface area contributed by atoms with Crippen molar-refractivity contribution in [1.82, 2.24) is 19.5 Å². The molecule has 102 valence electrons. The molecule has 0 bridgehead atoms. The first kappa shape index (κ1) is 12.4. The highest BCUT2D eigenvalue weighted by Crippen LogP contribution is 2.35. The number of hydrogen-bond acceptors (Lipinski definition) is 4. The van der Waals surface area contributed by atoms with Crippen LogP contribution in [0.2, 0.25) is 0 Å². The lowest BCUT2D eigenvalue weighted by Gasteiger charge is -2.11.